The van der Waals surface area contributed by atoms with Gasteiger partial charge in [0.1, 0.15) is 11.6 Å². The fourth-order valence-corrected chi connectivity index (χ4v) is 1.75. The van der Waals surface area contributed by atoms with E-state index in [1.165, 1.54) is 18.2 Å². The number of nitrogens with zero attached hydrogens (tertiary/aromatic N) is 1. The van der Waals surface area contributed by atoms with Crippen molar-refractivity contribution in [3.63, 3.8) is 0 Å². The van der Waals surface area contributed by atoms with Crippen LogP contribution in [0.4, 0.5) is 10.5 Å². The average Bonchev–Trinajstić information content (AvgIpc) is 2.44. The van der Waals surface area contributed by atoms with Crippen molar-refractivity contribution in [1.29, 1.82) is 0 Å². The summed E-state index contributed by atoms with van der Waals surface area (Å²) in [5.41, 5.74) is -0.845. The molecule has 1 aromatic carbocycles. The molecule has 0 fully saturated rings. The van der Waals surface area contributed by atoms with E-state index >= 15 is 0 Å². The molecule has 0 aliphatic heterocycles. The van der Waals surface area contributed by atoms with Crippen LogP contribution in [0.1, 0.15) is 37.6 Å². The molecule has 1 unspecified atom stereocenters. The van der Waals surface area contributed by atoms with E-state index in [1.54, 1.807) is 20.8 Å². The van der Waals surface area contributed by atoms with E-state index < -0.39 is 28.4 Å². The first-order valence-electron chi connectivity index (χ1n) is 6.85. The van der Waals surface area contributed by atoms with E-state index in [0.717, 1.165) is 6.07 Å². The number of non-ortho nitro benzene ring substituents is 1. The fraction of sp³-hybridized carbons (Fsp3) is 0.375. The molecule has 0 heterocycles. The van der Waals surface area contributed by atoms with Crippen molar-refractivity contribution in [2.45, 2.75) is 38.8 Å². The minimum absolute atomic E-state index is 0.0548. The summed E-state index contributed by atoms with van der Waals surface area (Å²) < 4.78 is 5.08. The van der Waals surface area contributed by atoms with Gasteiger partial charge in [-0.05, 0) is 20.8 Å². The van der Waals surface area contributed by atoms with Crippen molar-refractivity contribution in [2.24, 2.45) is 0 Å². The Morgan fingerprint density at radius 1 is 1.43 bits per heavy atom. The number of ketones is 1. The lowest BCUT2D eigenvalue weighted by atomic mass is 10.0. The minimum atomic E-state index is -1.02. The lowest BCUT2D eigenvalue weighted by Crippen LogP contribution is -2.43. The van der Waals surface area contributed by atoms with Gasteiger partial charge in [0, 0.05) is 24.1 Å². The van der Waals surface area contributed by atoms with Gasteiger partial charge in [-0.3, -0.25) is 14.9 Å². The molecule has 1 N–H and O–H groups in total. The number of carbonyl (C=O) groups is 2. The van der Waals surface area contributed by atoms with E-state index in [0.29, 0.717) is 0 Å². The highest BCUT2D eigenvalue weighted by molar-refractivity contribution is 6.02. The second-order valence-corrected chi connectivity index (χ2v) is 5.78. The van der Waals surface area contributed by atoms with Crippen LogP contribution in [-0.2, 0) is 4.74 Å². The van der Waals surface area contributed by atoms with Crippen LogP contribution in [0, 0.1) is 22.5 Å². The number of hydrogen-bond acceptors (Lipinski definition) is 5. The van der Waals surface area contributed by atoms with Crippen LogP contribution < -0.4 is 5.32 Å². The van der Waals surface area contributed by atoms with Gasteiger partial charge in [0.25, 0.3) is 5.69 Å². The number of terminal acetylenes is 1. The van der Waals surface area contributed by atoms with Crippen LogP contribution in [-0.4, -0.2) is 28.4 Å². The Morgan fingerprint density at radius 2 is 2.09 bits per heavy atom. The van der Waals surface area contributed by atoms with E-state index in [2.05, 4.69) is 11.2 Å². The van der Waals surface area contributed by atoms with Gasteiger partial charge in [0.15, 0.2) is 5.78 Å². The maximum Gasteiger partial charge on any atom is 0.408 e. The van der Waals surface area contributed by atoms with Crippen LogP contribution >= 0.6 is 0 Å². The highest BCUT2D eigenvalue weighted by atomic mass is 16.6. The number of amides is 1. The van der Waals surface area contributed by atoms with Crippen molar-refractivity contribution >= 4 is 17.6 Å². The summed E-state index contributed by atoms with van der Waals surface area (Å²) in [7, 11) is 0. The third kappa shape index (κ3) is 5.79. The highest BCUT2D eigenvalue weighted by Gasteiger charge is 2.25. The van der Waals surface area contributed by atoms with Gasteiger partial charge in [-0.2, -0.15) is 0 Å². The summed E-state index contributed by atoms with van der Waals surface area (Å²) in [6, 6.07) is 4.22. The number of Topliss-reactive ketones (excluding diaryl/α,β-unsaturated/α-hetero) is 1. The quantitative estimate of drug-likeness (QED) is 0.389. The number of alkyl carbamates (subject to hydrolysis) is 1. The van der Waals surface area contributed by atoms with Crippen molar-refractivity contribution in [3.8, 4) is 12.3 Å². The molecule has 0 saturated carbocycles. The van der Waals surface area contributed by atoms with Gasteiger partial charge >= 0.3 is 6.09 Å². The Morgan fingerprint density at radius 3 is 2.61 bits per heavy atom. The highest BCUT2D eigenvalue weighted by Crippen LogP contribution is 2.16. The molecule has 0 saturated heterocycles. The first-order valence-corrected chi connectivity index (χ1v) is 6.85. The van der Waals surface area contributed by atoms with Gasteiger partial charge in [-0.15, -0.1) is 12.3 Å². The zero-order valence-corrected chi connectivity index (χ0v) is 13.2. The predicted molar refractivity (Wildman–Crippen MR) is 84.0 cm³/mol. The number of nitro groups is 1. The monoisotopic (exact) mass is 318 g/mol. The van der Waals surface area contributed by atoms with Gasteiger partial charge in [-0.1, -0.05) is 12.1 Å². The van der Waals surface area contributed by atoms with Crippen molar-refractivity contribution in [3.05, 3.63) is 39.9 Å². The van der Waals surface area contributed by atoms with E-state index in [4.69, 9.17) is 11.2 Å². The molecule has 0 aliphatic carbocycles. The Bertz CT molecular complexity index is 655. The predicted octanol–water partition coefficient (Wildman–Crippen LogP) is 2.69. The molecule has 0 spiro atoms. The minimum Gasteiger partial charge on any atom is -0.444 e. The Kier molecular flexibility index (Phi) is 5.85. The molecule has 0 radical (unpaired) electrons. The zero-order valence-electron chi connectivity index (χ0n) is 13.2. The number of ether oxygens (including phenoxy) is 1. The van der Waals surface area contributed by atoms with Crippen LogP contribution in [0.5, 0.6) is 0 Å². The molecule has 1 aromatic rings. The molecule has 7 nitrogen and oxygen atoms in total. The van der Waals surface area contributed by atoms with E-state index in [9.17, 15) is 19.7 Å². The molecule has 23 heavy (non-hydrogen) atoms. The molecule has 0 aliphatic rings. The molecule has 0 bridgehead atoms. The van der Waals surface area contributed by atoms with Crippen LogP contribution in [0.25, 0.3) is 0 Å². The smallest absolute Gasteiger partial charge is 0.408 e. The van der Waals surface area contributed by atoms with Crippen LogP contribution in [0.15, 0.2) is 24.3 Å². The standard InChI is InChI=1S/C16H18N2O5/c1-5-7-13(17-15(20)23-16(2,3)4)14(19)11-8-6-9-12(10-11)18(21)22/h1,6,8-10,13H,7H2,2-4H3,(H,17,20). The molecular formula is C16H18N2O5. The van der Waals surface area contributed by atoms with E-state index in [-0.39, 0.29) is 17.7 Å². The topological polar surface area (TPSA) is 98.5 Å². The van der Waals surface area contributed by atoms with Crippen LogP contribution in [0.2, 0.25) is 0 Å². The Hall–Kier alpha value is -2.88. The van der Waals surface area contributed by atoms with E-state index in [1.807, 2.05) is 0 Å². The third-order valence-electron chi connectivity index (χ3n) is 2.67. The second kappa shape index (κ2) is 7.40. The number of carbonyl (C=O) groups excluding carboxylic acids is 2. The van der Waals surface area contributed by atoms with Crippen molar-refractivity contribution in [2.75, 3.05) is 0 Å². The summed E-state index contributed by atoms with van der Waals surface area (Å²) >= 11 is 0. The second-order valence-electron chi connectivity index (χ2n) is 5.78. The van der Waals surface area contributed by atoms with Gasteiger partial charge in [-0.25, -0.2) is 4.79 Å². The Balaban J connectivity index is 2.95. The first kappa shape index (κ1) is 18.2. The molecule has 7 heteroatoms. The number of hydrogen-bond donors (Lipinski definition) is 1. The average molecular weight is 318 g/mol. The fourth-order valence-electron chi connectivity index (χ4n) is 1.75. The molecule has 122 valence electrons. The summed E-state index contributed by atoms with van der Waals surface area (Å²) in [5, 5.41) is 13.2. The number of rotatable bonds is 5. The summed E-state index contributed by atoms with van der Waals surface area (Å²) in [6.07, 6.45) is 4.39. The molecule has 0 aromatic heterocycles. The summed E-state index contributed by atoms with van der Waals surface area (Å²) in [5.74, 6) is 1.78. The summed E-state index contributed by atoms with van der Waals surface area (Å²) in [6.45, 7) is 5.06. The lowest BCUT2D eigenvalue weighted by Gasteiger charge is -2.22. The third-order valence-corrected chi connectivity index (χ3v) is 2.67. The first-order chi connectivity index (χ1) is 10.6. The number of benzene rings is 1. The lowest BCUT2D eigenvalue weighted by molar-refractivity contribution is -0.384. The number of nitrogens with one attached hydrogen (secondary N) is 1. The molecule has 1 rings (SSSR count). The largest absolute Gasteiger partial charge is 0.444 e. The summed E-state index contributed by atoms with van der Waals surface area (Å²) in [4.78, 5) is 34.4. The number of nitro benzene ring substituents is 1. The molecule has 1 amide bonds. The SMILES string of the molecule is C#CCC(NC(=O)OC(C)(C)C)C(=O)c1cccc([N+](=O)[O-])c1. The van der Waals surface area contributed by atoms with Gasteiger partial charge < -0.3 is 10.1 Å². The maximum atomic E-state index is 12.4. The molecular weight excluding hydrogens is 300 g/mol. The Labute approximate surface area is 134 Å². The molecule has 1 atom stereocenters. The van der Waals surface area contributed by atoms with Gasteiger partial charge in [0.05, 0.1) is 4.92 Å². The van der Waals surface area contributed by atoms with Crippen molar-refractivity contribution < 1.29 is 19.2 Å². The normalized spacial score (nSPS) is 11.9. The zero-order chi connectivity index (χ0) is 17.6. The van der Waals surface area contributed by atoms with Crippen LogP contribution in [0.3, 0.4) is 0 Å². The maximum absolute atomic E-state index is 12.4. The van der Waals surface area contributed by atoms with Gasteiger partial charge in [0.2, 0.25) is 0 Å². The van der Waals surface area contributed by atoms with Crippen molar-refractivity contribution in [1.82, 2.24) is 5.32 Å².